The number of hydrogen-bond acceptors (Lipinski definition) is 2. The van der Waals surface area contributed by atoms with E-state index in [1.165, 1.54) is 13.2 Å². The quantitative estimate of drug-likeness (QED) is 0.587. The molecule has 0 saturated carbocycles. The van der Waals surface area contributed by atoms with Crippen LogP contribution in [0.15, 0.2) is 12.7 Å². The highest BCUT2D eigenvalue weighted by Crippen LogP contribution is 2.00. The van der Waals surface area contributed by atoms with E-state index >= 15 is 0 Å². The van der Waals surface area contributed by atoms with E-state index in [0.717, 1.165) is 4.90 Å². The van der Waals surface area contributed by atoms with Gasteiger partial charge in [0.15, 0.2) is 0 Å². The lowest BCUT2D eigenvalue weighted by Crippen LogP contribution is -2.38. The molecule has 5 heteroatoms. The molecule has 13 heavy (non-hydrogen) atoms. The largest absolute Gasteiger partial charge is 0.383 e. The number of alkyl halides is 2. The summed E-state index contributed by atoms with van der Waals surface area (Å²) in [6, 6.07) is 0. The molecule has 0 saturated heterocycles. The smallest absolute Gasteiger partial charge is 0.315 e. The lowest BCUT2D eigenvalue weighted by atomic mass is 10.4. The van der Waals surface area contributed by atoms with E-state index in [4.69, 9.17) is 0 Å². The van der Waals surface area contributed by atoms with Crippen LogP contribution in [-0.4, -0.2) is 44.0 Å². The molecule has 0 aromatic heterocycles. The molecule has 76 valence electrons. The van der Waals surface area contributed by atoms with E-state index in [1.54, 1.807) is 0 Å². The molecule has 0 N–H and O–H groups in total. The molecular weight excluding hydrogens is 180 g/mol. The minimum Gasteiger partial charge on any atom is -0.383 e. The van der Waals surface area contributed by atoms with E-state index in [0.29, 0.717) is 0 Å². The van der Waals surface area contributed by atoms with Gasteiger partial charge < -0.3 is 9.64 Å². The van der Waals surface area contributed by atoms with Crippen molar-refractivity contribution in [2.75, 3.05) is 26.8 Å². The van der Waals surface area contributed by atoms with E-state index < -0.39 is 12.3 Å². The molecule has 0 atom stereocenters. The van der Waals surface area contributed by atoms with Crippen LogP contribution in [0, 0.1) is 0 Å². The third kappa shape index (κ3) is 4.57. The fraction of sp³-hybridized carbons (Fsp3) is 0.625. The molecule has 0 aromatic carbocycles. The molecule has 0 aromatic rings. The topological polar surface area (TPSA) is 29.5 Å². The average Bonchev–Trinajstić information content (AvgIpc) is 2.11. The van der Waals surface area contributed by atoms with Crippen molar-refractivity contribution in [3.63, 3.8) is 0 Å². The molecule has 1 amide bonds. The average molecular weight is 193 g/mol. The minimum atomic E-state index is -2.96. The van der Waals surface area contributed by atoms with Gasteiger partial charge >= 0.3 is 6.43 Å². The summed E-state index contributed by atoms with van der Waals surface area (Å²) in [6.45, 7) is 3.89. The molecular formula is C8H13F2NO2. The summed E-state index contributed by atoms with van der Waals surface area (Å²) in [7, 11) is 1.44. The summed E-state index contributed by atoms with van der Waals surface area (Å²) in [5.41, 5.74) is 0. The Morgan fingerprint density at radius 2 is 2.31 bits per heavy atom. The zero-order valence-electron chi connectivity index (χ0n) is 7.50. The Morgan fingerprint density at radius 1 is 1.69 bits per heavy atom. The van der Waals surface area contributed by atoms with Crippen molar-refractivity contribution in [3.05, 3.63) is 12.7 Å². The van der Waals surface area contributed by atoms with Gasteiger partial charge in [-0.05, 0) is 0 Å². The minimum absolute atomic E-state index is 0.118. The lowest BCUT2D eigenvalue weighted by molar-refractivity contribution is -0.142. The second-order valence-corrected chi connectivity index (χ2v) is 2.37. The summed E-state index contributed by atoms with van der Waals surface area (Å²) in [5.74, 6) is -1.18. The Hall–Kier alpha value is -0.970. The molecule has 0 bridgehead atoms. The van der Waals surface area contributed by atoms with Crippen LogP contribution in [0.2, 0.25) is 0 Å². The number of carbonyl (C=O) groups is 1. The number of hydrogen-bond donors (Lipinski definition) is 0. The monoisotopic (exact) mass is 193 g/mol. The maximum atomic E-state index is 12.0. The first-order valence-corrected chi connectivity index (χ1v) is 3.80. The van der Waals surface area contributed by atoms with Crippen LogP contribution in [0.3, 0.4) is 0 Å². The van der Waals surface area contributed by atoms with Gasteiger partial charge in [-0.3, -0.25) is 4.79 Å². The van der Waals surface area contributed by atoms with Crippen molar-refractivity contribution in [3.8, 4) is 0 Å². The van der Waals surface area contributed by atoms with Crippen LogP contribution in [0.25, 0.3) is 0 Å². The van der Waals surface area contributed by atoms with Crippen LogP contribution in [0.5, 0.6) is 0 Å². The summed E-state index contributed by atoms with van der Waals surface area (Å²) >= 11 is 0. The second-order valence-electron chi connectivity index (χ2n) is 2.37. The normalized spacial score (nSPS) is 10.2. The number of rotatable bonds is 6. The summed E-state index contributed by atoms with van der Waals surface area (Å²) in [6.07, 6.45) is -1.56. The molecule has 0 aliphatic heterocycles. The number of nitrogens with zero attached hydrogens (tertiary/aromatic N) is 1. The maximum Gasteiger partial charge on any atom is 0.315 e. The van der Waals surface area contributed by atoms with Crippen molar-refractivity contribution < 1.29 is 18.3 Å². The number of carbonyl (C=O) groups excluding carboxylic acids is 1. The first-order valence-electron chi connectivity index (χ1n) is 3.80. The maximum absolute atomic E-state index is 12.0. The van der Waals surface area contributed by atoms with Crippen LogP contribution in [0.1, 0.15) is 0 Å². The van der Waals surface area contributed by atoms with Gasteiger partial charge in [-0.15, -0.1) is 6.58 Å². The zero-order valence-corrected chi connectivity index (χ0v) is 7.50. The molecule has 0 heterocycles. The van der Waals surface area contributed by atoms with Gasteiger partial charge in [0.05, 0.1) is 6.61 Å². The Bertz CT molecular complexity index is 174. The standard InChI is InChI=1S/C8H13F2NO2/c1-3-4-11(5-6-13-2)8(12)7(9)10/h3,7H,1,4-6H2,2H3. The van der Waals surface area contributed by atoms with Gasteiger partial charge in [0.1, 0.15) is 0 Å². The lowest BCUT2D eigenvalue weighted by Gasteiger charge is -2.19. The zero-order chi connectivity index (χ0) is 10.3. The van der Waals surface area contributed by atoms with E-state index in [-0.39, 0.29) is 19.7 Å². The van der Waals surface area contributed by atoms with Gasteiger partial charge in [0.2, 0.25) is 0 Å². The van der Waals surface area contributed by atoms with E-state index in [1.807, 2.05) is 0 Å². The van der Waals surface area contributed by atoms with Crippen LogP contribution in [-0.2, 0) is 9.53 Å². The summed E-state index contributed by atoms with van der Waals surface area (Å²) < 4.78 is 28.6. The van der Waals surface area contributed by atoms with E-state index in [9.17, 15) is 13.6 Å². The highest BCUT2D eigenvalue weighted by atomic mass is 19.3. The highest BCUT2D eigenvalue weighted by Gasteiger charge is 2.21. The Kier molecular flexibility index (Phi) is 6.05. The van der Waals surface area contributed by atoms with Crippen LogP contribution >= 0.6 is 0 Å². The molecule has 0 aliphatic rings. The number of methoxy groups -OCH3 is 1. The Balaban J connectivity index is 4.06. The molecule has 0 aliphatic carbocycles. The van der Waals surface area contributed by atoms with Crippen molar-refractivity contribution in [2.24, 2.45) is 0 Å². The third-order valence-electron chi connectivity index (χ3n) is 1.41. The van der Waals surface area contributed by atoms with Crippen molar-refractivity contribution in [2.45, 2.75) is 6.43 Å². The molecule has 0 unspecified atom stereocenters. The first kappa shape index (κ1) is 12.0. The van der Waals surface area contributed by atoms with Gasteiger partial charge in [-0.25, -0.2) is 0 Å². The van der Waals surface area contributed by atoms with Crippen molar-refractivity contribution in [1.29, 1.82) is 0 Å². The van der Waals surface area contributed by atoms with Crippen LogP contribution < -0.4 is 0 Å². The number of halogens is 2. The summed E-state index contributed by atoms with van der Waals surface area (Å²) in [4.78, 5) is 11.8. The molecule has 0 rings (SSSR count). The van der Waals surface area contributed by atoms with Gasteiger partial charge in [0, 0.05) is 20.2 Å². The predicted octanol–water partition coefficient (Wildman–Crippen LogP) is 0.912. The predicted molar refractivity (Wildman–Crippen MR) is 44.7 cm³/mol. The fourth-order valence-electron chi connectivity index (χ4n) is 0.787. The Labute approximate surface area is 76.0 Å². The first-order chi connectivity index (χ1) is 6.13. The van der Waals surface area contributed by atoms with Gasteiger partial charge in [-0.1, -0.05) is 6.08 Å². The fourth-order valence-corrected chi connectivity index (χ4v) is 0.787. The molecule has 0 fully saturated rings. The van der Waals surface area contributed by atoms with Crippen molar-refractivity contribution >= 4 is 5.91 Å². The van der Waals surface area contributed by atoms with Crippen LogP contribution in [0.4, 0.5) is 8.78 Å². The molecule has 0 spiro atoms. The van der Waals surface area contributed by atoms with Gasteiger partial charge in [-0.2, -0.15) is 8.78 Å². The highest BCUT2D eigenvalue weighted by molar-refractivity contribution is 5.79. The van der Waals surface area contributed by atoms with Gasteiger partial charge in [0.25, 0.3) is 5.91 Å². The number of ether oxygens (including phenoxy) is 1. The molecule has 3 nitrogen and oxygen atoms in total. The SMILES string of the molecule is C=CCN(CCOC)C(=O)C(F)F. The number of amides is 1. The second kappa shape index (κ2) is 6.54. The Morgan fingerprint density at radius 3 is 2.69 bits per heavy atom. The van der Waals surface area contributed by atoms with Crippen molar-refractivity contribution in [1.82, 2.24) is 4.90 Å². The molecule has 0 radical (unpaired) electrons. The third-order valence-corrected chi connectivity index (χ3v) is 1.41. The summed E-state index contributed by atoms with van der Waals surface area (Å²) in [5, 5.41) is 0. The van der Waals surface area contributed by atoms with E-state index in [2.05, 4.69) is 11.3 Å².